The summed E-state index contributed by atoms with van der Waals surface area (Å²) in [6.07, 6.45) is 0. The minimum atomic E-state index is 0. The van der Waals surface area contributed by atoms with Crippen LogP contribution in [0, 0.1) is 0 Å². The molecule has 0 saturated heterocycles. The summed E-state index contributed by atoms with van der Waals surface area (Å²) in [5.74, 6) is 2.07. The summed E-state index contributed by atoms with van der Waals surface area (Å²) in [5.41, 5.74) is 0. The normalized spacial score (nSPS) is 8.57. The van der Waals surface area contributed by atoms with Gasteiger partial charge in [-0.3, -0.25) is 0 Å². The summed E-state index contributed by atoms with van der Waals surface area (Å²) >= 11 is 0. The van der Waals surface area contributed by atoms with Gasteiger partial charge in [0.25, 0.3) is 0 Å². The first kappa shape index (κ1) is 4.78. The van der Waals surface area contributed by atoms with Crippen molar-refractivity contribution in [2.24, 2.45) is 0 Å². The van der Waals surface area contributed by atoms with E-state index in [0.29, 0.717) is 0 Å². The van der Waals surface area contributed by atoms with Gasteiger partial charge in [-0.05, 0) is 0 Å². The molecule has 0 bridgehead atoms. The fourth-order valence-electron chi connectivity index (χ4n) is 0.534. The third-order valence-corrected chi connectivity index (χ3v) is 1.61. The van der Waals surface area contributed by atoms with Gasteiger partial charge in [-0.2, -0.15) is 0 Å². The molecule has 0 nitrogen and oxygen atoms in total. The molecule has 0 fully saturated rings. The topological polar surface area (TPSA) is 0 Å². The molecule has 1 rings (SSSR count). The van der Waals surface area contributed by atoms with E-state index in [1.165, 1.54) is 15.3 Å². The fourth-order valence-corrected chi connectivity index (χ4v) is 0.919. The van der Waals surface area contributed by atoms with E-state index in [0.717, 1.165) is 0 Å². The molecule has 2 heteroatoms. The Morgan fingerprint density at radius 2 is 2.43 bits per heavy atom. The number of rotatable bonds is 0. The van der Waals surface area contributed by atoms with E-state index in [9.17, 15) is 0 Å². The zero-order valence-corrected chi connectivity index (χ0v) is 6.39. The van der Waals surface area contributed by atoms with E-state index in [1.54, 1.807) is 0 Å². The third kappa shape index (κ3) is 1.28. The number of hydrogen-bond acceptors (Lipinski definition) is 0. The van der Waals surface area contributed by atoms with Crippen LogP contribution in [0.2, 0.25) is 0 Å². The maximum absolute atomic E-state index is 2.15. The molecule has 1 aromatic rings. The average Bonchev–Trinajstić information content (AvgIpc) is 1.69. The summed E-state index contributed by atoms with van der Waals surface area (Å²) in [6, 6.07) is 6.26. The van der Waals surface area contributed by atoms with E-state index in [1.807, 2.05) is 6.07 Å². The SMILES string of the molecule is [HH].[HH].[HH].[HH].[HH].[HH].[SiH3]c1bcccc1. The molecule has 1 aromatic heterocycles. The van der Waals surface area contributed by atoms with Crippen LogP contribution >= 0.6 is 0 Å². The quantitative estimate of drug-likeness (QED) is 0.435. The standard InChI is InChI=1S/C5H7BSi.6H2/c7-5-3-1-2-4-6-5;;;;;;/h1-4H,7H3;6*1H. The van der Waals surface area contributed by atoms with Gasteiger partial charge >= 0.3 is 46.4 Å². The molecule has 0 saturated carbocycles. The minimum absolute atomic E-state index is 0. The Kier molecular flexibility index (Phi) is 1.42. The van der Waals surface area contributed by atoms with Crippen LogP contribution in [0.25, 0.3) is 0 Å². The van der Waals surface area contributed by atoms with Crippen molar-refractivity contribution < 1.29 is 8.56 Å². The van der Waals surface area contributed by atoms with E-state index >= 15 is 0 Å². The Bertz CT molecular complexity index is 151. The summed E-state index contributed by atoms with van der Waals surface area (Å²) in [4.78, 5) is 0. The molecular formula is C5H19BSi. The van der Waals surface area contributed by atoms with Gasteiger partial charge in [0.15, 0.2) is 0 Å². The van der Waals surface area contributed by atoms with E-state index < -0.39 is 0 Å². The van der Waals surface area contributed by atoms with Crippen molar-refractivity contribution in [2.75, 3.05) is 0 Å². The second kappa shape index (κ2) is 2.07. The zero-order valence-electron chi connectivity index (χ0n) is 4.39. The van der Waals surface area contributed by atoms with E-state index in [-0.39, 0.29) is 8.56 Å². The van der Waals surface area contributed by atoms with Gasteiger partial charge < -0.3 is 0 Å². The maximum atomic E-state index is 2.15. The van der Waals surface area contributed by atoms with E-state index in [4.69, 9.17) is 0 Å². The predicted octanol–water partition coefficient (Wildman–Crippen LogP) is 0.491. The van der Waals surface area contributed by atoms with Crippen LogP contribution in [0.3, 0.4) is 0 Å². The molecule has 0 aromatic carbocycles. The summed E-state index contributed by atoms with van der Waals surface area (Å²) in [5, 5.41) is 1.46. The molecule has 0 amide bonds. The van der Waals surface area contributed by atoms with Crippen LogP contribution in [-0.2, 0) is 0 Å². The molecule has 1 heterocycles. The Morgan fingerprint density at radius 3 is 2.71 bits per heavy atom. The molecule has 0 N–H and O–H groups in total. The van der Waals surface area contributed by atoms with Crippen molar-refractivity contribution in [3.8, 4) is 0 Å². The molecular weight excluding hydrogens is 99.0 g/mol. The Morgan fingerprint density at radius 1 is 1.57 bits per heavy atom. The van der Waals surface area contributed by atoms with Gasteiger partial charge in [-0.1, -0.05) is 0 Å². The van der Waals surface area contributed by atoms with Gasteiger partial charge in [0.2, 0.25) is 0 Å². The molecule has 0 atom stereocenters. The first-order valence-electron chi connectivity index (χ1n) is 2.41. The van der Waals surface area contributed by atoms with Crippen molar-refractivity contribution in [3.63, 3.8) is 0 Å². The summed E-state index contributed by atoms with van der Waals surface area (Å²) in [6.45, 7) is 2.15. The molecule has 0 aliphatic heterocycles. The van der Waals surface area contributed by atoms with Crippen molar-refractivity contribution in [1.82, 2.24) is 0 Å². The Hall–Kier alpha value is -0.368. The van der Waals surface area contributed by atoms with Crippen molar-refractivity contribution >= 4 is 22.2 Å². The monoisotopic (exact) mass is 118 g/mol. The zero-order chi connectivity index (χ0) is 5.11. The first-order chi connectivity index (χ1) is 3.39. The van der Waals surface area contributed by atoms with Crippen LogP contribution < -0.4 is 5.08 Å². The fraction of sp³-hybridized carbons (Fsp3) is 0. The van der Waals surface area contributed by atoms with Crippen molar-refractivity contribution in [2.45, 2.75) is 0 Å². The molecule has 0 radical (unpaired) electrons. The molecule has 0 aliphatic rings. The van der Waals surface area contributed by atoms with Crippen molar-refractivity contribution in [1.29, 1.82) is 0 Å². The molecule has 46 valence electrons. The summed E-state index contributed by atoms with van der Waals surface area (Å²) in [7, 11) is 1.17. The molecule has 0 unspecified atom stereocenters. The second-order valence-electron chi connectivity index (χ2n) is 1.65. The third-order valence-electron chi connectivity index (χ3n) is 0.940. The van der Waals surface area contributed by atoms with Crippen LogP contribution in [-0.4, -0.2) is 17.2 Å². The van der Waals surface area contributed by atoms with Gasteiger partial charge in [0.05, 0.1) is 0 Å². The molecule has 0 aliphatic carbocycles. The molecule has 0 spiro atoms. The number of hydrogen-bond donors (Lipinski definition) is 0. The van der Waals surface area contributed by atoms with Crippen LogP contribution in [0.5, 0.6) is 0 Å². The average molecular weight is 118 g/mol. The Labute approximate surface area is 56.1 Å². The summed E-state index contributed by atoms with van der Waals surface area (Å²) < 4.78 is 0. The van der Waals surface area contributed by atoms with Crippen LogP contribution in [0.15, 0.2) is 24.2 Å². The van der Waals surface area contributed by atoms with Crippen LogP contribution in [0.4, 0.5) is 0 Å². The predicted molar refractivity (Wildman–Crippen MR) is 50.0 cm³/mol. The van der Waals surface area contributed by atoms with Crippen molar-refractivity contribution in [3.05, 3.63) is 24.2 Å². The van der Waals surface area contributed by atoms with Gasteiger partial charge in [0, 0.05) is 8.56 Å². The molecule has 7 heavy (non-hydrogen) atoms. The first-order valence-corrected chi connectivity index (χ1v) is 3.41. The van der Waals surface area contributed by atoms with Gasteiger partial charge in [-0.15, -0.1) is 0 Å². The van der Waals surface area contributed by atoms with E-state index in [2.05, 4.69) is 25.0 Å². The van der Waals surface area contributed by atoms with Crippen LogP contribution in [0.1, 0.15) is 8.56 Å². The Balaban J connectivity index is -0.0000000204. The van der Waals surface area contributed by atoms with Gasteiger partial charge in [0.1, 0.15) is 0 Å². The second-order valence-corrected chi connectivity index (χ2v) is 2.81. The van der Waals surface area contributed by atoms with Gasteiger partial charge in [-0.25, -0.2) is 0 Å².